The molecule has 1 amide bonds. The Morgan fingerprint density at radius 1 is 1.04 bits per heavy atom. The molecule has 2 aromatic carbocycles. The van der Waals surface area contributed by atoms with Gasteiger partial charge in [0.2, 0.25) is 6.41 Å². The predicted molar refractivity (Wildman–Crippen MR) is 100 cm³/mol. The maximum absolute atomic E-state index is 8.58. The highest BCUT2D eigenvalue weighted by Crippen LogP contribution is 2.26. The van der Waals surface area contributed by atoms with Crippen LogP contribution in [0.4, 0.5) is 0 Å². The molecule has 0 bridgehead atoms. The molecule has 0 spiro atoms. The summed E-state index contributed by atoms with van der Waals surface area (Å²) in [5.41, 5.74) is 11.0. The number of nitrogens with two attached hydrogens (primary N) is 1. The number of ether oxygens (including phenoxy) is 1. The van der Waals surface area contributed by atoms with Crippen LogP contribution in [-0.4, -0.2) is 6.41 Å². The van der Waals surface area contributed by atoms with E-state index >= 15 is 0 Å². The molecule has 0 aliphatic heterocycles. The first-order valence-corrected chi connectivity index (χ1v) is 8.60. The molecule has 0 unspecified atom stereocenters. The van der Waals surface area contributed by atoms with Crippen LogP contribution < -0.4 is 10.5 Å². The minimum Gasteiger partial charge on any atom is -0.489 e. The third kappa shape index (κ3) is 5.73. The van der Waals surface area contributed by atoms with Gasteiger partial charge in [-0.25, -0.2) is 0 Å². The number of carbonyl (C=O) groups is 1. The molecule has 1 aliphatic rings. The molecule has 2 aromatic rings. The molecule has 3 rings (SSSR count). The summed E-state index contributed by atoms with van der Waals surface area (Å²) in [7, 11) is 0. The van der Waals surface area contributed by atoms with Gasteiger partial charge in [-0.3, -0.25) is 4.79 Å². The molecule has 3 nitrogen and oxygen atoms in total. The van der Waals surface area contributed by atoms with Gasteiger partial charge in [0.1, 0.15) is 12.4 Å². The van der Waals surface area contributed by atoms with Gasteiger partial charge in [0.25, 0.3) is 0 Å². The first-order valence-electron chi connectivity index (χ1n) is 8.60. The molecule has 2 N–H and O–H groups in total. The van der Waals surface area contributed by atoms with Crippen molar-refractivity contribution in [1.82, 2.24) is 0 Å². The van der Waals surface area contributed by atoms with Crippen molar-refractivity contribution < 1.29 is 9.53 Å². The molecule has 24 heavy (non-hydrogen) atoms. The molecular formula is C21H29NO2. The van der Waals surface area contributed by atoms with Crippen LogP contribution in [-0.2, 0) is 24.2 Å². The topological polar surface area (TPSA) is 52.3 Å². The van der Waals surface area contributed by atoms with Crippen molar-refractivity contribution in [2.75, 3.05) is 0 Å². The minimum absolute atomic E-state index is 0.250. The molecule has 130 valence electrons. The lowest BCUT2D eigenvalue weighted by Crippen LogP contribution is -1.98. The molecule has 0 fully saturated rings. The van der Waals surface area contributed by atoms with Crippen LogP contribution in [0.2, 0.25) is 0 Å². The summed E-state index contributed by atoms with van der Waals surface area (Å²) in [5.74, 6) is 1.00. The summed E-state index contributed by atoms with van der Waals surface area (Å²) in [5, 5.41) is 0. The fourth-order valence-corrected chi connectivity index (χ4v) is 2.81. The Hall–Kier alpha value is -2.29. The van der Waals surface area contributed by atoms with Crippen molar-refractivity contribution in [3.8, 4) is 5.75 Å². The molecular weight excluding hydrogens is 298 g/mol. The van der Waals surface area contributed by atoms with Crippen molar-refractivity contribution in [3.63, 3.8) is 0 Å². The monoisotopic (exact) mass is 327 g/mol. The fourth-order valence-electron chi connectivity index (χ4n) is 2.81. The highest BCUT2D eigenvalue weighted by molar-refractivity contribution is 5.42. The Balaban J connectivity index is 0.000000521. The maximum Gasteiger partial charge on any atom is 0.204 e. The van der Waals surface area contributed by atoms with E-state index in [0.29, 0.717) is 6.61 Å². The van der Waals surface area contributed by atoms with E-state index in [0.717, 1.165) is 5.75 Å². The van der Waals surface area contributed by atoms with Crippen molar-refractivity contribution in [2.24, 2.45) is 5.73 Å². The van der Waals surface area contributed by atoms with Gasteiger partial charge < -0.3 is 10.5 Å². The van der Waals surface area contributed by atoms with Crippen LogP contribution in [0, 0.1) is 13.8 Å². The predicted octanol–water partition coefficient (Wildman–Crippen LogP) is 4.50. The number of fused-ring (bicyclic) bond motifs is 1. The van der Waals surface area contributed by atoms with Crippen LogP contribution in [0.15, 0.2) is 36.4 Å². The minimum atomic E-state index is 0.250. The summed E-state index contributed by atoms with van der Waals surface area (Å²) >= 11 is 0. The van der Waals surface area contributed by atoms with Crippen molar-refractivity contribution in [1.29, 1.82) is 0 Å². The zero-order chi connectivity index (χ0) is 17.9. The van der Waals surface area contributed by atoms with Crippen molar-refractivity contribution in [3.05, 3.63) is 64.2 Å². The second-order valence-electron chi connectivity index (χ2n) is 5.64. The quantitative estimate of drug-likeness (QED) is 0.844. The molecule has 3 heteroatoms. The van der Waals surface area contributed by atoms with Gasteiger partial charge in [-0.15, -0.1) is 0 Å². The molecule has 0 radical (unpaired) electrons. The fraction of sp³-hybridized carbons (Fsp3) is 0.381. The largest absolute Gasteiger partial charge is 0.489 e. The number of hydrogen-bond donors (Lipinski definition) is 1. The van der Waals surface area contributed by atoms with Gasteiger partial charge in [0, 0.05) is 0 Å². The normalized spacial score (nSPS) is 11.3. The van der Waals surface area contributed by atoms with E-state index < -0.39 is 0 Å². The lowest BCUT2D eigenvalue weighted by atomic mass is 10.1. The zero-order valence-electron chi connectivity index (χ0n) is 15.3. The molecule has 0 heterocycles. The smallest absolute Gasteiger partial charge is 0.204 e. The first kappa shape index (κ1) is 19.8. The SMILES string of the molecule is CC.Cc1ccc(COc2ccc3c(c2)CCC3)c(C)c1.NC=O. The Kier molecular flexibility index (Phi) is 8.63. The Labute approximate surface area is 145 Å². The molecule has 1 aliphatic carbocycles. The van der Waals surface area contributed by atoms with Crippen LogP contribution in [0.25, 0.3) is 0 Å². The van der Waals surface area contributed by atoms with E-state index in [-0.39, 0.29) is 6.41 Å². The molecule has 0 saturated heterocycles. The maximum atomic E-state index is 8.58. The van der Waals surface area contributed by atoms with E-state index in [1.165, 1.54) is 47.1 Å². The molecule has 0 aromatic heterocycles. The lowest BCUT2D eigenvalue weighted by Gasteiger charge is -2.10. The average molecular weight is 327 g/mol. The van der Waals surface area contributed by atoms with Gasteiger partial charge in [-0.05, 0) is 67.5 Å². The van der Waals surface area contributed by atoms with Gasteiger partial charge in [0.05, 0.1) is 0 Å². The van der Waals surface area contributed by atoms with Gasteiger partial charge in [0.15, 0.2) is 0 Å². The third-order valence-corrected chi connectivity index (χ3v) is 3.96. The van der Waals surface area contributed by atoms with Crippen molar-refractivity contribution in [2.45, 2.75) is 53.6 Å². The van der Waals surface area contributed by atoms with E-state index in [9.17, 15) is 0 Å². The molecule has 0 atom stereocenters. The number of aryl methyl sites for hydroxylation is 4. The number of primary amides is 1. The summed E-state index contributed by atoms with van der Waals surface area (Å²) < 4.78 is 5.94. The summed E-state index contributed by atoms with van der Waals surface area (Å²) in [4.78, 5) is 8.58. The summed E-state index contributed by atoms with van der Waals surface area (Å²) in [6, 6.07) is 13.1. The van der Waals surface area contributed by atoms with Gasteiger partial charge in [-0.1, -0.05) is 43.7 Å². The highest BCUT2D eigenvalue weighted by atomic mass is 16.5. The number of amides is 1. The second kappa shape index (κ2) is 10.5. The Morgan fingerprint density at radius 2 is 1.71 bits per heavy atom. The van der Waals surface area contributed by atoms with E-state index in [1.54, 1.807) is 0 Å². The van der Waals surface area contributed by atoms with Crippen LogP contribution in [0.1, 0.15) is 48.1 Å². The number of rotatable bonds is 3. The third-order valence-electron chi connectivity index (χ3n) is 3.96. The van der Waals surface area contributed by atoms with Gasteiger partial charge in [-0.2, -0.15) is 0 Å². The average Bonchev–Trinajstić information content (AvgIpc) is 3.04. The summed E-state index contributed by atoms with van der Waals surface area (Å²) in [6.45, 7) is 8.93. The van der Waals surface area contributed by atoms with E-state index in [2.05, 4.69) is 56.0 Å². The van der Waals surface area contributed by atoms with Crippen LogP contribution in [0.5, 0.6) is 5.75 Å². The van der Waals surface area contributed by atoms with Crippen molar-refractivity contribution >= 4 is 6.41 Å². The second-order valence-corrected chi connectivity index (χ2v) is 5.64. The zero-order valence-corrected chi connectivity index (χ0v) is 15.3. The number of carbonyl (C=O) groups excluding carboxylic acids is 1. The van der Waals surface area contributed by atoms with E-state index in [4.69, 9.17) is 9.53 Å². The number of benzene rings is 2. The lowest BCUT2D eigenvalue weighted by molar-refractivity contribution is -0.106. The van der Waals surface area contributed by atoms with E-state index in [1.807, 2.05) is 13.8 Å². The highest BCUT2D eigenvalue weighted by Gasteiger charge is 2.11. The van der Waals surface area contributed by atoms with Gasteiger partial charge >= 0.3 is 0 Å². The Bertz CT molecular complexity index is 650. The first-order chi connectivity index (χ1) is 11.6. The Morgan fingerprint density at radius 3 is 2.38 bits per heavy atom. The van der Waals surface area contributed by atoms with Crippen LogP contribution >= 0.6 is 0 Å². The van der Waals surface area contributed by atoms with Crippen LogP contribution in [0.3, 0.4) is 0 Å². The standard InChI is InChI=1S/C18H20O.C2H6.CH3NO/c1-13-6-7-17(14(2)10-13)12-19-18-9-8-15-4-3-5-16(15)11-18;1-2;2-1-3/h6-11H,3-5,12H2,1-2H3;1-2H3;1H,(H2,2,3). The summed E-state index contributed by atoms with van der Waals surface area (Å²) in [6.07, 6.45) is 3.97. The number of hydrogen-bond acceptors (Lipinski definition) is 2. The molecule has 0 saturated carbocycles.